The summed E-state index contributed by atoms with van der Waals surface area (Å²) in [5.74, 6) is 0.289. The van der Waals surface area contributed by atoms with Crippen LogP contribution in [0.3, 0.4) is 0 Å². The Morgan fingerprint density at radius 3 is 2.58 bits per heavy atom. The first-order valence-electron chi connectivity index (χ1n) is 12.2. The van der Waals surface area contributed by atoms with Gasteiger partial charge < -0.3 is 14.6 Å². The average Bonchev–Trinajstić information content (AvgIpc) is 3.22. The summed E-state index contributed by atoms with van der Waals surface area (Å²) in [5.41, 5.74) is 6.15. The van der Waals surface area contributed by atoms with Crippen molar-refractivity contribution in [2.24, 2.45) is 0 Å². The first kappa shape index (κ1) is 23.5. The first-order valence-corrected chi connectivity index (χ1v) is 12.2. The van der Waals surface area contributed by atoms with Gasteiger partial charge >= 0.3 is 5.97 Å². The first-order chi connectivity index (χ1) is 16.0. The number of likely N-dealkylation sites (N-methyl/N-ethyl adjacent to an activating group) is 1. The molecule has 0 radical (unpaired) electrons. The number of piperazine rings is 1. The van der Waals surface area contributed by atoms with E-state index in [9.17, 15) is 4.79 Å². The van der Waals surface area contributed by atoms with E-state index < -0.39 is 0 Å². The van der Waals surface area contributed by atoms with Gasteiger partial charge in [0.2, 0.25) is 0 Å². The SMILES string of the molecule is CC(C)c1cc(CCc2c[nH]c3ccccc23)cc(CC(=O)OCCN2CCN(C)CC2)c1. The van der Waals surface area contributed by atoms with Crippen LogP contribution in [0.25, 0.3) is 10.9 Å². The zero-order chi connectivity index (χ0) is 23.2. The van der Waals surface area contributed by atoms with Crippen molar-refractivity contribution < 1.29 is 9.53 Å². The third kappa shape index (κ3) is 6.46. The van der Waals surface area contributed by atoms with Crippen LogP contribution < -0.4 is 0 Å². The number of H-pyrrole nitrogens is 1. The number of aromatic amines is 1. The molecule has 3 aromatic rings. The maximum atomic E-state index is 12.5. The highest BCUT2D eigenvalue weighted by molar-refractivity contribution is 5.83. The van der Waals surface area contributed by atoms with Crippen molar-refractivity contribution in [1.29, 1.82) is 0 Å². The van der Waals surface area contributed by atoms with E-state index in [4.69, 9.17) is 4.74 Å². The maximum absolute atomic E-state index is 12.5. The van der Waals surface area contributed by atoms with Crippen LogP contribution in [-0.4, -0.2) is 67.1 Å². The Labute approximate surface area is 197 Å². The van der Waals surface area contributed by atoms with Crippen LogP contribution in [0.15, 0.2) is 48.7 Å². The van der Waals surface area contributed by atoms with Crippen LogP contribution in [0.5, 0.6) is 0 Å². The fraction of sp³-hybridized carbons (Fsp3) is 0.464. The molecule has 0 spiro atoms. The molecule has 0 bridgehead atoms. The number of ether oxygens (including phenoxy) is 1. The predicted octanol–water partition coefficient (Wildman–Crippen LogP) is 4.41. The molecule has 1 fully saturated rings. The number of nitrogens with zero attached hydrogens (tertiary/aromatic N) is 2. The molecule has 5 heteroatoms. The number of carbonyl (C=O) groups is 1. The Hall–Kier alpha value is -2.63. The van der Waals surface area contributed by atoms with E-state index in [1.807, 2.05) is 0 Å². The molecular weight excluding hydrogens is 410 g/mol. The van der Waals surface area contributed by atoms with E-state index in [1.165, 1.54) is 27.6 Å². The molecule has 0 atom stereocenters. The molecule has 1 N–H and O–H groups in total. The largest absolute Gasteiger partial charge is 0.464 e. The summed E-state index contributed by atoms with van der Waals surface area (Å²) < 4.78 is 5.58. The highest BCUT2D eigenvalue weighted by Crippen LogP contribution is 2.23. The van der Waals surface area contributed by atoms with Crippen LogP contribution in [0.1, 0.15) is 42.0 Å². The van der Waals surface area contributed by atoms with E-state index in [0.29, 0.717) is 18.9 Å². The second-order valence-electron chi connectivity index (χ2n) is 9.64. The number of fused-ring (bicyclic) bond motifs is 1. The van der Waals surface area contributed by atoms with Crippen molar-refractivity contribution in [2.45, 2.75) is 39.0 Å². The molecule has 5 nitrogen and oxygen atoms in total. The lowest BCUT2D eigenvalue weighted by Crippen LogP contribution is -2.45. The number of aryl methyl sites for hydroxylation is 2. The second kappa shape index (κ2) is 11.0. The van der Waals surface area contributed by atoms with Crippen LogP contribution in [0.4, 0.5) is 0 Å². The molecule has 0 aliphatic carbocycles. The van der Waals surface area contributed by atoms with Crippen molar-refractivity contribution in [2.75, 3.05) is 46.4 Å². The number of benzene rings is 2. The summed E-state index contributed by atoms with van der Waals surface area (Å²) in [5, 5.41) is 1.29. The Balaban J connectivity index is 1.34. The normalized spacial score (nSPS) is 15.4. The van der Waals surface area contributed by atoms with Crippen molar-refractivity contribution in [1.82, 2.24) is 14.8 Å². The molecule has 2 aromatic carbocycles. The minimum atomic E-state index is -0.132. The standard InChI is InChI=1S/C28H37N3O2/c1-21(2)25-17-22(8-9-24-20-29-27-7-5-4-6-26(24)27)16-23(18-25)19-28(32)33-15-14-31-12-10-30(3)11-13-31/h4-7,16-18,20-21,29H,8-15,19H2,1-3H3. The maximum Gasteiger partial charge on any atom is 0.310 e. The van der Waals surface area contributed by atoms with E-state index in [2.05, 4.69) is 84.3 Å². The van der Waals surface area contributed by atoms with Crippen LogP contribution in [-0.2, 0) is 28.8 Å². The molecule has 2 heterocycles. The quantitative estimate of drug-likeness (QED) is 0.494. The Kier molecular flexibility index (Phi) is 7.84. The summed E-state index contributed by atoms with van der Waals surface area (Å²) in [6, 6.07) is 15.1. The van der Waals surface area contributed by atoms with Crippen LogP contribution in [0.2, 0.25) is 0 Å². The molecule has 4 rings (SSSR count). The number of aromatic nitrogens is 1. The van der Waals surface area contributed by atoms with Gasteiger partial charge in [0.15, 0.2) is 0 Å². The number of nitrogens with one attached hydrogen (secondary N) is 1. The lowest BCUT2D eigenvalue weighted by Gasteiger charge is -2.32. The molecule has 1 aliphatic heterocycles. The fourth-order valence-corrected chi connectivity index (χ4v) is 4.57. The summed E-state index contributed by atoms with van der Waals surface area (Å²) in [6.45, 7) is 9.96. The smallest absolute Gasteiger partial charge is 0.310 e. The highest BCUT2D eigenvalue weighted by atomic mass is 16.5. The number of hydrogen-bond donors (Lipinski definition) is 1. The molecule has 1 saturated heterocycles. The lowest BCUT2D eigenvalue weighted by atomic mass is 9.94. The summed E-state index contributed by atoms with van der Waals surface area (Å²) in [4.78, 5) is 20.6. The van der Waals surface area contributed by atoms with Crippen molar-refractivity contribution in [3.63, 3.8) is 0 Å². The number of rotatable bonds is 9. The van der Waals surface area contributed by atoms with Gasteiger partial charge in [-0.3, -0.25) is 9.69 Å². The minimum Gasteiger partial charge on any atom is -0.464 e. The molecule has 176 valence electrons. The van der Waals surface area contributed by atoms with Gasteiger partial charge in [-0.1, -0.05) is 50.2 Å². The molecule has 1 aromatic heterocycles. The van der Waals surface area contributed by atoms with Gasteiger partial charge in [0.05, 0.1) is 6.42 Å². The minimum absolute atomic E-state index is 0.132. The number of esters is 1. The number of carbonyl (C=O) groups excluding carboxylic acids is 1. The lowest BCUT2D eigenvalue weighted by molar-refractivity contribution is -0.143. The summed E-state index contributed by atoms with van der Waals surface area (Å²) >= 11 is 0. The van der Waals surface area contributed by atoms with Crippen molar-refractivity contribution >= 4 is 16.9 Å². The van der Waals surface area contributed by atoms with Gasteiger partial charge in [-0.05, 0) is 54.1 Å². The number of hydrogen-bond acceptors (Lipinski definition) is 4. The average molecular weight is 448 g/mol. The highest BCUT2D eigenvalue weighted by Gasteiger charge is 2.15. The van der Waals surface area contributed by atoms with Gasteiger partial charge in [0, 0.05) is 49.8 Å². The third-order valence-electron chi connectivity index (χ3n) is 6.71. The molecule has 0 amide bonds. The van der Waals surface area contributed by atoms with Gasteiger partial charge in [-0.15, -0.1) is 0 Å². The summed E-state index contributed by atoms with van der Waals surface area (Å²) in [7, 11) is 2.15. The Bertz CT molecular complexity index is 1060. The van der Waals surface area contributed by atoms with E-state index in [1.54, 1.807) is 0 Å². The van der Waals surface area contributed by atoms with E-state index in [-0.39, 0.29) is 5.97 Å². The van der Waals surface area contributed by atoms with Crippen LogP contribution in [0, 0.1) is 0 Å². The van der Waals surface area contributed by atoms with Crippen LogP contribution >= 0.6 is 0 Å². The van der Waals surface area contributed by atoms with Crippen molar-refractivity contribution in [3.05, 3.63) is 70.9 Å². The Morgan fingerprint density at radius 1 is 1.03 bits per heavy atom. The van der Waals surface area contributed by atoms with E-state index >= 15 is 0 Å². The topological polar surface area (TPSA) is 48.6 Å². The van der Waals surface area contributed by atoms with E-state index in [0.717, 1.165) is 51.1 Å². The third-order valence-corrected chi connectivity index (χ3v) is 6.71. The zero-order valence-electron chi connectivity index (χ0n) is 20.3. The Morgan fingerprint density at radius 2 is 1.79 bits per heavy atom. The van der Waals surface area contributed by atoms with Crippen molar-refractivity contribution in [3.8, 4) is 0 Å². The van der Waals surface area contributed by atoms with Gasteiger partial charge in [-0.25, -0.2) is 0 Å². The monoisotopic (exact) mass is 447 g/mol. The zero-order valence-corrected chi connectivity index (χ0v) is 20.3. The predicted molar refractivity (Wildman–Crippen MR) is 135 cm³/mol. The second-order valence-corrected chi connectivity index (χ2v) is 9.64. The molecule has 0 saturated carbocycles. The molecular formula is C28H37N3O2. The molecule has 1 aliphatic rings. The summed E-state index contributed by atoms with van der Waals surface area (Å²) in [6.07, 6.45) is 4.38. The number of para-hydroxylation sites is 1. The van der Waals surface area contributed by atoms with Gasteiger partial charge in [-0.2, -0.15) is 0 Å². The van der Waals surface area contributed by atoms with Gasteiger partial charge in [0.25, 0.3) is 0 Å². The molecule has 33 heavy (non-hydrogen) atoms. The van der Waals surface area contributed by atoms with Gasteiger partial charge in [0.1, 0.15) is 6.61 Å². The fourth-order valence-electron chi connectivity index (χ4n) is 4.57. The molecule has 0 unspecified atom stereocenters.